The Labute approximate surface area is 152 Å². The third-order valence-electron chi connectivity index (χ3n) is 3.90. The highest BCUT2D eigenvalue weighted by Gasteiger charge is 2.37. The molecule has 0 aliphatic carbocycles. The molecule has 1 saturated heterocycles. The summed E-state index contributed by atoms with van der Waals surface area (Å²) in [7, 11) is -3.60. The molecule has 0 spiro atoms. The van der Waals surface area contributed by atoms with Crippen LogP contribution < -0.4 is 0 Å². The second-order valence-corrected chi connectivity index (χ2v) is 9.94. The highest BCUT2D eigenvalue weighted by atomic mass is 32.2. The molecule has 0 aromatic heterocycles. The van der Waals surface area contributed by atoms with Crippen LogP contribution in [0.1, 0.15) is 52.9 Å². The van der Waals surface area contributed by atoms with Crippen LogP contribution in [0.25, 0.3) is 0 Å². The first kappa shape index (κ1) is 23.0. The van der Waals surface area contributed by atoms with Gasteiger partial charge in [-0.1, -0.05) is 0 Å². The zero-order chi connectivity index (χ0) is 20.2. The number of sulfone groups is 1. The molecule has 1 heterocycles. The fraction of sp³-hybridized carbons (Fsp3) is 0.938. The summed E-state index contributed by atoms with van der Waals surface area (Å²) in [6, 6.07) is -0.467. The monoisotopic (exact) mass is 405 g/mol. The fourth-order valence-corrected chi connectivity index (χ4v) is 4.21. The number of hydrogen-bond donors (Lipinski definition) is 0. The van der Waals surface area contributed by atoms with Gasteiger partial charge in [-0.05, 0) is 40.0 Å². The van der Waals surface area contributed by atoms with E-state index >= 15 is 0 Å². The van der Waals surface area contributed by atoms with Gasteiger partial charge in [-0.15, -0.1) is 0 Å². The fourth-order valence-electron chi connectivity index (χ4n) is 2.81. The molecule has 1 amide bonds. The lowest BCUT2D eigenvalue weighted by molar-refractivity contribution is -0.134. The van der Waals surface area contributed by atoms with Crippen molar-refractivity contribution in [3.63, 3.8) is 0 Å². The summed E-state index contributed by atoms with van der Waals surface area (Å²) in [6.07, 6.45) is -7.29. The van der Waals surface area contributed by atoms with E-state index in [4.69, 9.17) is 4.74 Å². The van der Waals surface area contributed by atoms with Gasteiger partial charge in [-0.3, -0.25) is 0 Å². The summed E-state index contributed by atoms with van der Waals surface area (Å²) in [4.78, 5) is 13.4. The largest absolute Gasteiger partial charge is 0.444 e. The van der Waals surface area contributed by atoms with Gasteiger partial charge in [0.25, 0.3) is 0 Å². The lowest BCUT2D eigenvalue weighted by Gasteiger charge is -2.28. The van der Waals surface area contributed by atoms with Crippen molar-refractivity contribution in [3.05, 3.63) is 0 Å². The number of ether oxygens (including phenoxy) is 1. The average Bonchev–Trinajstić information content (AvgIpc) is 2.76. The van der Waals surface area contributed by atoms with E-state index in [-0.39, 0.29) is 31.6 Å². The van der Waals surface area contributed by atoms with Crippen LogP contribution >= 0.6 is 0 Å². The summed E-state index contributed by atoms with van der Waals surface area (Å²) in [6.45, 7) is 4.97. The minimum atomic E-state index is -4.37. The van der Waals surface area contributed by atoms with E-state index in [1.807, 2.05) is 0 Å². The molecule has 0 bridgehead atoms. The van der Waals surface area contributed by atoms with Crippen molar-refractivity contribution < 1.29 is 35.5 Å². The molecular formula is C16H27F4NO4S. The van der Waals surface area contributed by atoms with Gasteiger partial charge in [0.1, 0.15) is 21.6 Å². The van der Waals surface area contributed by atoms with Gasteiger partial charge in [-0.25, -0.2) is 17.6 Å². The molecule has 1 aliphatic heterocycles. The van der Waals surface area contributed by atoms with Crippen molar-refractivity contribution >= 4 is 15.9 Å². The minimum Gasteiger partial charge on any atom is -0.444 e. The molecule has 0 unspecified atom stereocenters. The van der Waals surface area contributed by atoms with Crippen LogP contribution in [0.2, 0.25) is 0 Å². The summed E-state index contributed by atoms with van der Waals surface area (Å²) >= 11 is 0. The van der Waals surface area contributed by atoms with E-state index in [0.29, 0.717) is 0 Å². The van der Waals surface area contributed by atoms with Crippen molar-refractivity contribution in [3.8, 4) is 0 Å². The number of alkyl halides is 4. The maximum absolute atomic E-state index is 13.7. The number of halogens is 4. The molecule has 1 aliphatic rings. The van der Waals surface area contributed by atoms with Crippen LogP contribution in [-0.2, 0) is 14.6 Å². The molecular weight excluding hydrogens is 378 g/mol. The van der Waals surface area contributed by atoms with E-state index in [1.54, 1.807) is 20.8 Å². The number of nitrogens with zero attached hydrogens (tertiary/aromatic N) is 1. The lowest BCUT2D eigenvalue weighted by atomic mass is 10.1. The summed E-state index contributed by atoms with van der Waals surface area (Å²) in [5.74, 6) is -0.806. The first-order valence-corrected chi connectivity index (χ1v) is 10.4. The van der Waals surface area contributed by atoms with Crippen molar-refractivity contribution in [1.29, 1.82) is 0 Å². The number of hydrogen-bond acceptors (Lipinski definition) is 4. The number of carbonyl (C=O) groups excluding carboxylic acids is 1. The molecule has 0 N–H and O–H groups in total. The highest BCUT2D eigenvalue weighted by Crippen LogP contribution is 2.26. The lowest BCUT2D eigenvalue weighted by Crippen LogP contribution is -2.40. The maximum Gasteiger partial charge on any atom is 0.410 e. The van der Waals surface area contributed by atoms with Crippen LogP contribution in [0.15, 0.2) is 0 Å². The third-order valence-corrected chi connectivity index (χ3v) is 5.72. The number of carbonyl (C=O) groups is 1. The Morgan fingerprint density at radius 3 is 2.27 bits per heavy atom. The Morgan fingerprint density at radius 1 is 1.15 bits per heavy atom. The second kappa shape index (κ2) is 8.75. The predicted octanol–water partition coefficient (Wildman–Crippen LogP) is 3.87. The topological polar surface area (TPSA) is 63.7 Å². The molecule has 0 radical (unpaired) electrons. The van der Waals surface area contributed by atoms with Gasteiger partial charge in [0, 0.05) is 18.9 Å². The zero-order valence-corrected chi connectivity index (χ0v) is 16.1. The molecule has 5 nitrogen and oxygen atoms in total. The Balaban J connectivity index is 2.48. The summed E-state index contributed by atoms with van der Waals surface area (Å²) in [5.41, 5.74) is -0.724. The van der Waals surface area contributed by atoms with Crippen LogP contribution in [0.3, 0.4) is 0 Å². The van der Waals surface area contributed by atoms with Crippen LogP contribution in [0.4, 0.5) is 22.4 Å². The number of rotatable bonds is 7. The van der Waals surface area contributed by atoms with Gasteiger partial charge in [-0.2, -0.15) is 13.2 Å². The quantitative estimate of drug-likeness (QED) is 0.603. The molecule has 10 heteroatoms. The third kappa shape index (κ3) is 9.05. The average molecular weight is 405 g/mol. The van der Waals surface area contributed by atoms with Crippen molar-refractivity contribution in [2.24, 2.45) is 0 Å². The van der Waals surface area contributed by atoms with Crippen LogP contribution in [-0.4, -0.2) is 61.5 Å². The van der Waals surface area contributed by atoms with Crippen LogP contribution in [0.5, 0.6) is 0 Å². The molecule has 154 valence electrons. The highest BCUT2D eigenvalue weighted by molar-refractivity contribution is 7.91. The summed E-state index contributed by atoms with van der Waals surface area (Å²) in [5, 5.41) is 0. The predicted molar refractivity (Wildman–Crippen MR) is 89.4 cm³/mol. The Hall–Kier alpha value is -1.06. The van der Waals surface area contributed by atoms with E-state index < -0.39 is 58.5 Å². The van der Waals surface area contributed by atoms with Gasteiger partial charge in [0.05, 0.1) is 18.1 Å². The van der Waals surface area contributed by atoms with Crippen molar-refractivity contribution in [1.82, 2.24) is 4.90 Å². The Kier molecular flexibility index (Phi) is 7.74. The smallest absolute Gasteiger partial charge is 0.410 e. The molecule has 1 rings (SSSR count). The molecule has 0 aromatic carbocycles. The van der Waals surface area contributed by atoms with Crippen LogP contribution in [0, 0.1) is 0 Å². The number of amides is 1. The standard InChI is InChI=1S/C16H27F4NO4S/c1-15(2,3)25-14(22)21-11-12(17)10-13(21)6-4-8-26(23,24)9-5-7-16(18,19)20/h12-13H,4-11H2,1-3H3/t12-,13-/m1/s1. The molecule has 26 heavy (non-hydrogen) atoms. The Morgan fingerprint density at radius 2 is 1.73 bits per heavy atom. The van der Waals surface area contributed by atoms with E-state index in [0.717, 1.165) is 0 Å². The molecule has 2 atom stereocenters. The molecule has 0 aromatic rings. The van der Waals surface area contributed by atoms with Gasteiger partial charge in [0.2, 0.25) is 0 Å². The second-order valence-electron chi connectivity index (χ2n) is 7.63. The SMILES string of the molecule is CC(C)(C)OC(=O)N1C[C@H](F)C[C@H]1CCCS(=O)(=O)CCCC(F)(F)F. The van der Waals surface area contributed by atoms with Gasteiger partial charge < -0.3 is 9.64 Å². The van der Waals surface area contributed by atoms with Crippen molar-refractivity contribution in [2.45, 2.75) is 76.9 Å². The minimum absolute atomic E-state index is 0.0993. The van der Waals surface area contributed by atoms with Gasteiger partial charge >= 0.3 is 12.3 Å². The van der Waals surface area contributed by atoms with E-state index in [1.165, 1.54) is 4.90 Å². The molecule has 1 fully saturated rings. The van der Waals surface area contributed by atoms with Gasteiger partial charge in [0.15, 0.2) is 0 Å². The first-order valence-electron chi connectivity index (χ1n) is 8.59. The molecule has 0 saturated carbocycles. The zero-order valence-electron chi connectivity index (χ0n) is 15.3. The summed E-state index contributed by atoms with van der Waals surface area (Å²) < 4.78 is 78.8. The normalized spacial score (nSPS) is 21.9. The maximum atomic E-state index is 13.7. The van der Waals surface area contributed by atoms with Crippen molar-refractivity contribution in [2.75, 3.05) is 18.1 Å². The Bertz CT molecular complexity index is 572. The number of likely N-dealkylation sites (tertiary alicyclic amines) is 1. The first-order chi connectivity index (χ1) is 11.7. The van der Waals surface area contributed by atoms with E-state index in [9.17, 15) is 30.8 Å². The van der Waals surface area contributed by atoms with E-state index in [2.05, 4.69) is 0 Å².